The lowest BCUT2D eigenvalue weighted by Crippen LogP contribution is -2.44. The summed E-state index contributed by atoms with van der Waals surface area (Å²) in [5.74, 6) is 0. The van der Waals surface area contributed by atoms with Gasteiger partial charge in [-0.2, -0.15) is 0 Å². The van der Waals surface area contributed by atoms with E-state index in [-0.39, 0.29) is 0 Å². The Morgan fingerprint density at radius 1 is 0.706 bits per heavy atom. The van der Waals surface area contributed by atoms with Gasteiger partial charge in [0.05, 0.1) is 0 Å². The second-order valence-electron chi connectivity index (χ2n) is 6.11. The zero-order valence-corrected chi connectivity index (χ0v) is 14.2. The maximum Gasteiger partial charge on any atom is 0.173 e. The number of nitrogens with two attached hydrogens (primary N) is 2. The molecule has 0 spiro atoms. The van der Waals surface area contributed by atoms with Crippen LogP contribution in [0.2, 0.25) is 38.3 Å². The molecule has 0 aliphatic rings. The molecule has 0 rings (SSSR count). The number of rotatable bonds is 10. The van der Waals surface area contributed by atoms with Crippen molar-refractivity contribution in [1.29, 1.82) is 0 Å². The SMILES string of the molecule is C[Si](C)(CCCCN)O[Si](C)(C)CCCCN. The molecule has 17 heavy (non-hydrogen) atoms. The molecule has 0 saturated heterocycles. The summed E-state index contributed by atoms with van der Waals surface area (Å²) in [5.41, 5.74) is 11.1. The van der Waals surface area contributed by atoms with Gasteiger partial charge in [0, 0.05) is 0 Å². The molecule has 0 fully saturated rings. The fourth-order valence-electron chi connectivity index (χ4n) is 2.24. The Labute approximate surface area is 110 Å². The molecule has 0 aromatic rings. The Kier molecular flexibility index (Phi) is 8.58. The zero-order valence-electron chi connectivity index (χ0n) is 12.2. The van der Waals surface area contributed by atoms with Gasteiger partial charge in [0.15, 0.2) is 16.6 Å². The largest absolute Gasteiger partial charge is 0.455 e. The molecule has 0 saturated carbocycles. The minimum atomic E-state index is -1.46. The van der Waals surface area contributed by atoms with Gasteiger partial charge < -0.3 is 15.6 Å². The van der Waals surface area contributed by atoms with E-state index in [1.165, 1.54) is 24.9 Å². The fourth-order valence-corrected chi connectivity index (χ4v) is 11.2. The molecule has 3 nitrogen and oxygen atoms in total. The van der Waals surface area contributed by atoms with Gasteiger partial charge in [-0.1, -0.05) is 12.8 Å². The third kappa shape index (κ3) is 9.97. The van der Waals surface area contributed by atoms with Crippen molar-refractivity contribution in [1.82, 2.24) is 0 Å². The summed E-state index contributed by atoms with van der Waals surface area (Å²) in [7, 11) is -2.92. The number of hydrogen-bond acceptors (Lipinski definition) is 3. The predicted molar refractivity (Wildman–Crippen MR) is 82.2 cm³/mol. The highest BCUT2D eigenvalue weighted by Gasteiger charge is 2.31. The smallest absolute Gasteiger partial charge is 0.173 e. The first-order chi connectivity index (χ1) is 7.83. The first kappa shape index (κ1) is 17.3. The van der Waals surface area contributed by atoms with Gasteiger partial charge in [0.1, 0.15) is 0 Å². The quantitative estimate of drug-likeness (QED) is 0.476. The summed E-state index contributed by atoms with van der Waals surface area (Å²) in [5, 5.41) is 0. The highest BCUT2D eigenvalue weighted by atomic mass is 28.4. The van der Waals surface area contributed by atoms with E-state index in [2.05, 4.69) is 26.2 Å². The monoisotopic (exact) mass is 276 g/mol. The molecule has 0 aliphatic carbocycles. The third-order valence-electron chi connectivity index (χ3n) is 3.02. The van der Waals surface area contributed by atoms with Crippen molar-refractivity contribution in [2.45, 2.75) is 64.0 Å². The van der Waals surface area contributed by atoms with E-state index in [0.29, 0.717) is 0 Å². The van der Waals surface area contributed by atoms with Gasteiger partial charge in [0.25, 0.3) is 0 Å². The maximum absolute atomic E-state index is 6.51. The van der Waals surface area contributed by atoms with Crippen molar-refractivity contribution >= 4 is 16.6 Å². The van der Waals surface area contributed by atoms with E-state index in [4.69, 9.17) is 15.6 Å². The molecule has 104 valence electrons. The molecule has 0 aliphatic heterocycles. The van der Waals surface area contributed by atoms with Gasteiger partial charge in [-0.15, -0.1) is 0 Å². The highest BCUT2D eigenvalue weighted by Crippen LogP contribution is 2.24. The minimum Gasteiger partial charge on any atom is -0.455 e. The van der Waals surface area contributed by atoms with Crippen LogP contribution in [0.25, 0.3) is 0 Å². The van der Waals surface area contributed by atoms with Crippen LogP contribution < -0.4 is 11.5 Å². The lowest BCUT2D eigenvalue weighted by molar-refractivity contribution is 0.527. The van der Waals surface area contributed by atoms with Gasteiger partial charge in [-0.25, -0.2) is 0 Å². The summed E-state index contributed by atoms with van der Waals surface area (Å²) < 4.78 is 6.51. The highest BCUT2D eigenvalue weighted by molar-refractivity contribution is 6.84. The lowest BCUT2D eigenvalue weighted by Gasteiger charge is -2.34. The van der Waals surface area contributed by atoms with Crippen LogP contribution in [0.5, 0.6) is 0 Å². The molecule has 0 atom stereocenters. The molecule has 0 heterocycles. The summed E-state index contributed by atoms with van der Waals surface area (Å²) in [6.45, 7) is 11.0. The molecule has 0 amide bonds. The van der Waals surface area contributed by atoms with Crippen molar-refractivity contribution in [2.75, 3.05) is 13.1 Å². The average molecular weight is 277 g/mol. The summed E-state index contributed by atoms with van der Waals surface area (Å²) in [4.78, 5) is 0. The molecule has 0 aromatic heterocycles. The van der Waals surface area contributed by atoms with Gasteiger partial charge in [0.2, 0.25) is 0 Å². The summed E-state index contributed by atoms with van der Waals surface area (Å²) in [6, 6.07) is 2.50. The third-order valence-corrected chi connectivity index (χ3v) is 10.6. The Balaban J connectivity index is 3.99. The topological polar surface area (TPSA) is 61.3 Å². The Morgan fingerprint density at radius 3 is 1.35 bits per heavy atom. The van der Waals surface area contributed by atoms with Crippen LogP contribution in [0.1, 0.15) is 25.7 Å². The van der Waals surface area contributed by atoms with Crippen molar-refractivity contribution < 1.29 is 4.12 Å². The maximum atomic E-state index is 6.51. The van der Waals surface area contributed by atoms with E-state index in [1.807, 2.05) is 0 Å². The average Bonchev–Trinajstić information content (AvgIpc) is 2.16. The van der Waals surface area contributed by atoms with Crippen molar-refractivity contribution in [3.8, 4) is 0 Å². The fraction of sp³-hybridized carbons (Fsp3) is 1.00. The van der Waals surface area contributed by atoms with Gasteiger partial charge in [-0.05, 0) is 64.2 Å². The number of hydrogen-bond donors (Lipinski definition) is 2. The molecule has 4 N–H and O–H groups in total. The summed E-state index contributed by atoms with van der Waals surface area (Å²) >= 11 is 0. The Morgan fingerprint density at radius 2 is 1.06 bits per heavy atom. The van der Waals surface area contributed by atoms with Gasteiger partial charge >= 0.3 is 0 Å². The zero-order chi connectivity index (χ0) is 13.4. The second-order valence-corrected chi connectivity index (χ2v) is 15.0. The molecule has 0 aromatic carbocycles. The van der Waals surface area contributed by atoms with Crippen LogP contribution in [-0.4, -0.2) is 29.7 Å². The van der Waals surface area contributed by atoms with E-state index in [9.17, 15) is 0 Å². The van der Waals surface area contributed by atoms with Gasteiger partial charge in [-0.3, -0.25) is 0 Å². The molecule has 0 bridgehead atoms. The van der Waals surface area contributed by atoms with Crippen molar-refractivity contribution in [2.24, 2.45) is 11.5 Å². The first-order valence-corrected chi connectivity index (χ1v) is 13.2. The van der Waals surface area contributed by atoms with E-state index in [1.54, 1.807) is 0 Å². The van der Waals surface area contributed by atoms with Crippen LogP contribution in [0, 0.1) is 0 Å². The molecule has 0 radical (unpaired) electrons. The molecular formula is C12H32N2OSi2. The summed E-state index contributed by atoms with van der Waals surface area (Å²) in [6.07, 6.45) is 4.72. The molecular weight excluding hydrogens is 244 g/mol. The van der Waals surface area contributed by atoms with Crippen molar-refractivity contribution in [3.05, 3.63) is 0 Å². The van der Waals surface area contributed by atoms with Crippen LogP contribution in [0.15, 0.2) is 0 Å². The van der Waals surface area contributed by atoms with E-state index in [0.717, 1.165) is 25.9 Å². The first-order valence-electron chi connectivity index (χ1n) is 6.93. The van der Waals surface area contributed by atoms with E-state index >= 15 is 0 Å². The van der Waals surface area contributed by atoms with Crippen LogP contribution in [0.4, 0.5) is 0 Å². The predicted octanol–water partition coefficient (Wildman–Crippen LogP) is 2.89. The van der Waals surface area contributed by atoms with E-state index < -0.39 is 16.6 Å². The Bertz CT molecular complexity index is 179. The van der Waals surface area contributed by atoms with Crippen molar-refractivity contribution in [3.63, 3.8) is 0 Å². The molecule has 0 unspecified atom stereocenters. The standard InChI is InChI=1S/C12H32N2OSi2/c1-16(2,11-7-5-9-13)15-17(3,4)12-8-6-10-14/h5-14H2,1-4H3. The molecule has 5 heteroatoms. The minimum absolute atomic E-state index is 0.807. The lowest BCUT2D eigenvalue weighted by atomic mass is 10.3. The van der Waals surface area contributed by atoms with Crippen LogP contribution in [-0.2, 0) is 4.12 Å². The van der Waals surface area contributed by atoms with Crippen LogP contribution >= 0.6 is 0 Å². The number of unbranched alkanes of at least 4 members (excludes halogenated alkanes) is 2. The van der Waals surface area contributed by atoms with Crippen LogP contribution in [0.3, 0.4) is 0 Å². The normalized spacial score (nSPS) is 13.1. The second kappa shape index (κ2) is 8.42. The Hall–Kier alpha value is 0.314.